The van der Waals surface area contributed by atoms with Crippen molar-refractivity contribution >= 4 is 0 Å². The van der Waals surface area contributed by atoms with Gasteiger partial charge in [-0.1, -0.05) is 12.8 Å². The van der Waals surface area contributed by atoms with Crippen molar-refractivity contribution in [1.29, 1.82) is 0 Å². The first-order chi connectivity index (χ1) is 6.16. The minimum absolute atomic E-state index is 1.15. The second kappa shape index (κ2) is 8.48. The molecule has 0 bridgehead atoms. The quantitative estimate of drug-likeness (QED) is 0.455. The third-order valence-electron chi connectivity index (χ3n) is 2.23. The van der Waals surface area contributed by atoms with Gasteiger partial charge in [0.25, 0.3) is 0 Å². The van der Waals surface area contributed by atoms with Crippen LogP contribution in [0, 0.1) is 0 Å². The van der Waals surface area contributed by atoms with E-state index in [1.54, 1.807) is 0 Å². The van der Waals surface area contributed by atoms with Crippen molar-refractivity contribution in [1.82, 2.24) is 15.3 Å². The largest absolute Gasteiger partial charge is 0.309 e. The maximum atomic E-state index is 3.10. The lowest BCUT2D eigenvalue weighted by atomic mass is 10.2. The summed E-state index contributed by atoms with van der Waals surface area (Å²) in [5.74, 6) is 0. The van der Waals surface area contributed by atoms with E-state index in [0.29, 0.717) is 0 Å². The summed E-state index contributed by atoms with van der Waals surface area (Å²) in [5, 5.41) is 2.13. The average molecular weight is 187 g/mol. The van der Waals surface area contributed by atoms with Crippen LogP contribution in [0.25, 0.3) is 0 Å². The highest BCUT2D eigenvalue weighted by Crippen LogP contribution is 2.00. The smallest absolute Gasteiger partial charge is 0.0127 e. The molecule has 0 unspecified atom stereocenters. The van der Waals surface area contributed by atoms with Crippen LogP contribution in [0.3, 0.4) is 0 Å². The molecule has 3 nitrogen and oxygen atoms in total. The molecule has 0 heterocycles. The van der Waals surface area contributed by atoms with E-state index in [4.69, 9.17) is 0 Å². The van der Waals surface area contributed by atoms with Crippen LogP contribution in [0.15, 0.2) is 0 Å². The van der Waals surface area contributed by atoms with Gasteiger partial charge in [0.05, 0.1) is 0 Å². The van der Waals surface area contributed by atoms with Gasteiger partial charge in [0.1, 0.15) is 0 Å². The second-order valence-electron chi connectivity index (χ2n) is 3.86. The molecule has 0 saturated heterocycles. The van der Waals surface area contributed by atoms with Crippen LogP contribution in [0.5, 0.6) is 0 Å². The summed E-state index contributed by atoms with van der Waals surface area (Å²) in [6.07, 6.45) is 5.33. The molecule has 80 valence electrons. The number of nitrogens with one attached hydrogen (secondary N) is 1. The van der Waals surface area contributed by atoms with E-state index in [-0.39, 0.29) is 0 Å². The Labute approximate surface area is 83.1 Å². The lowest BCUT2D eigenvalue weighted by molar-refractivity contribution is 0.253. The Morgan fingerprint density at radius 3 is 1.85 bits per heavy atom. The highest BCUT2D eigenvalue weighted by atomic mass is 15.5. The van der Waals surface area contributed by atoms with Gasteiger partial charge in [0, 0.05) is 13.6 Å². The first-order valence-corrected chi connectivity index (χ1v) is 5.20. The van der Waals surface area contributed by atoms with Gasteiger partial charge in [-0.05, 0) is 40.5 Å². The molecule has 0 aromatic carbocycles. The van der Waals surface area contributed by atoms with E-state index in [2.05, 4.69) is 36.5 Å². The molecule has 0 aliphatic heterocycles. The summed E-state index contributed by atoms with van der Waals surface area (Å²) in [7, 11) is 8.31. The molecule has 0 spiro atoms. The van der Waals surface area contributed by atoms with Crippen LogP contribution in [-0.2, 0) is 0 Å². The van der Waals surface area contributed by atoms with Gasteiger partial charge in [-0.3, -0.25) is 5.43 Å². The molecule has 0 rings (SSSR count). The summed E-state index contributed by atoms with van der Waals surface area (Å²) in [6, 6.07) is 0. The standard InChI is InChI=1S/C10H25N3/c1-11-13(4)10-8-6-5-7-9-12(2)3/h11H,5-10H2,1-4H3. The minimum Gasteiger partial charge on any atom is -0.309 e. The lowest BCUT2D eigenvalue weighted by Crippen LogP contribution is -2.31. The fourth-order valence-corrected chi connectivity index (χ4v) is 1.24. The molecule has 0 aliphatic rings. The highest BCUT2D eigenvalue weighted by molar-refractivity contribution is 4.49. The van der Waals surface area contributed by atoms with E-state index in [0.717, 1.165) is 6.54 Å². The Balaban J connectivity index is 2.99. The number of hydrogen-bond donors (Lipinski definition) is 1. The second-order valence-corrected chi connectivity index (χ2v) is 3.86. The van der Waals surface area contributed by atoms with Crippen molar-refractivity contribution in [2.45, 2.75) is 25.7 Å². The molecule has 13 heavy (non-hydrogen) atoms. The summed E-state index contributed by atoms with van der Waals surface area (Å²) in [5.41, 5.74) is 3.10. The van der Waals surface area contributed by atoms with E-state index in [1.165, 1.54) is 32.2 Å². The summed E-state index contributed by atoms with van der Waals surface area (Å²) < 4.78 is 0. The van der Waals surface area contributed by atoms with Gasteiger partial charge in [-0.2, -0.15) is 0 Å². The van der Waals surface area contributed by atoms with Crippen molar-refractivity contribution < 1.29 is 0 Å². The van der Waals surface area contributed by atoms with Crippen LogP contribution < -0.4 is 5.43 Å². The first kappa shape index (κ1) is 12.9. The van der Waals surface area contributed by atoms with Crippen LogP contribution in [0.1, 0.15) is 25.7 Å². The fraction of sp³-hybridized carbons (Fsp3) is 1.00. The first-order valence-electron chi connectivity index (χ1n) is 5.20. The summed E-state index contributed by atoms with van der Waals surface area (Å²) >= 11 is 0. The topological polar surface area (TPSA) is 18.5 Å². The van der Waals surface area contributed by atoms with Crippen molar-refractivity contribution in [3.05, 3.63) is 0 Å². The number of unbranched alkanes of at least 4 members (excludes halogenated alkanes) is 3. The Morgan fingerprint density at radius 2 is 1.38 bits per heavy atom. The summed E-state index contributed by atoms with van der Waals surface area (Å²) in [6.45, 7) is 2.38. The van der Waals surface area contributed by atoms with E-state index in [1.807, 2.05) is 7.05 Å². The zero-order chi connectivity index (χ0) is 10.1. The van der Waals surface area contributed by atoms with Gasteiger partial charge in [0.2, 0.25) is 0 Å². The van der Waals surface area contributed by atoms with Gasteiger partial charge < -0.3 is 4.90 Å². The third-order valence-corrected chi connectivity index (χ3v) is 2.23. The van der Waals surface area contributed by atoms with Gasteiger partial charge in [0.15, 0.2) is 0 Å². The lowest BCUT2D eigenvalue weighted by Gasteiger charge is -2.14. The van der Waals surface area contributed by atoms with Crippen LogP contribution in [0.4, 0.5) is 0 Å². The molecular formula is C10H25N3. The Morgan fingerprint density at radius 1 is 0.846 bits per heavy atom. The predicted molar refractivity (Wildman–Crippen MR) is 58.7 cm³/mol. The maximum Gasteiger partial charge on any atom is 0.0127 e. The SMILES string of the molecule is CNN(C)CCCCCCN(C)C. The normalized spacial score (nSPS) is 11.5. The molecule has 0 amide bonds. The number of nitrogens with zero attached hydrogens (tertiary/aromatic N) is 2. The van der Waals surface area contributed by atoms with Crippen LogP contribution >= 0.6 is 0 Å². The van der Waals surface area contributed by atoms with Gasteiger partial charge in [-0.25, -0.2) is 5.01 Å². The molecule has 0 aromatic rings. The fourth-order valence-electron chi connectivity index (χ4n) is 1.24. The highest BCUT2D eigenvalue weighted by Gasteiger charge is 1.94. The molecule has 0 aromatic heterocycles. The van der Waals surface area contributed by atoms with Crippen molar-refractivity contribution in [3.8, 4) is 0 Å². The third kappa shape index (κ3) is 9.80. The van der Waals surface area contributed by atoms with E-state index < -0.39 is 0 Å². The zero-order valence-corrected chi connectivity index (χ0v) is 9.64. The average Bonchev–Trinajstić information content (AvgIpc) is 2.10. The van der Waals surface area contributed by atoms with Gasteiger partial charge in [-0.15, -0.1) is 0 Å². The van der Waals surface area contributed by atoms with Gasteiger partial charge >= 0.3 is 0 Å². The summed E-state index contributed by atoms with van der Waals surface area (Å²) in [4.78, 5) is 2.25. The van der Waals surface area contributed by atoms with Crippen molar-refractivity contribution in [2.24, 2.45) is 0 Å². The number of rotatable bonds is 8. The molecular weight excluding hydrogens is 162 g/mol. The Kier molecular flexibility index (Phi) is 8.40. The molecule has 1 N–H and O–H groups in total. The van der Waals surface area contributed by atoms with E-state index in [9.17, 15) is 0 Å². The van der Waals surface area contributed by atoms with Crippen molar-refractivity contribution in [2.75, 3.05) is 41.3 Å². The van der Waals surface area contributed by atoms with E-state index >= 15 is 0 Å². The van der Waals surface area contributed by atoms with Crippen LogP contribution in [-0.4, -0.2) is 51.2 Å². The Bertz CT molecular complexity index is 104. The molecule has 0 atom stereocenters. The molecule has 0 aliphatic carbocycles. The minimum atomic E-state index is 1.15. The monoisotopic (exact) mass is 187 g/mol. The predicted octanol–water partition coefficient (Wildman–Crippen LogP) is 1.17. The number of hydrogen-bond acceptors (Lipinski definition) is 3. The molecule has 0 radical (unpaired) electrons. The van der Waals surface area contributed by atoms with Crippen molar-refractivity contribution in [3.63, 3.8) is 0 Å². The van der Waals surface area contributed by atoms with Crippen LogP contribution in [0.2, 0.25) is 0 Å². The zero-order valence-electron chi connectivity index (χ0n) is 9.64. The molecule has 0 fully saturated rings. The number of hydrazine groups is 1. The Hall–Kier alpha value is -0.120. The molecule has 3 heteroatoms. The maximum absolute atomic E-state index is 3.10. The molecule has 0 saturated carbocycles.